The topological polar surface area (TPSA) is 101 Å². The molecular formula is C24H27N3O4S. The number of fused-ring (bicyclic) bond motifs is 1. The minimum Gasteiger partial charge on any atom is -0.465 e. The summed E-state index contributed by atoms with van der Waals surface area (Å²) in [5.41, 5.74) is 2.58. The van der Waals surface area contributed by atoms with Gasteiger partial charge in [0, 0.05) is 28.9 Å². The summed E-state index contributed by atoms with van der Waals surface area (Å²) in [5, 5.41) is 4.12. The Kier molecular flexibility index (Phi) is 5.75. The number of aromatic amines is 1. The van der Waals surface area contributed by atoms with Crippen molar-refractivity contribution in [3.8, 4) is 0 Å². The number of hydrogen-bond acceptors (Lipinski definition) is 7. The van der Waals surface area contributed by atoms with E-state index in [2.05, 4.69) is 29.1 Å². The Morgan fingerprint density at radius 1 is 1.19 bits per heavy atom. The lowest BCUT2D eigenvalue weighted by Crippen LogP contribution is -2.37. The number of anilines is 1. The number of hydrogen-bond donors (Lipinski definition) is 2. The summed E-state index contributed by atoms with van der Waals surface area (Å²) >= 11 is 1.48. The van der Waals surface area contributed by atoms with Crippen LogP contribution in [0.4, 0.5) is 5.82 Å². The summed E-state index contributed by atoms with van der Waals surface area (Å²) < 4.78 is 4.79. The van der Waals surface area contributed by atoms with Gasteiger partial charge in [0.15, 0.2) is 10.9 Å². The van der Waals surface area contributed by atoms with Gasteiger partial charge in [0.25, 0.3) is 5.56 Å². The molecule has 1 aromatic carbocycles. The average Bonchev–Trinajstić information content (AvgIpc) is 2.70. The number of benzene rings is 1. The Morgan fingerprint density at radius 2 is 1.88 bits per heavy atom. The van der Waals surface area contributed by atoms with Crippen LogP contribution in [0.5, 0.6) is 0 Å². The Labute approximate surface area is 191 Å². The molecule has 2 aromatic rings. The van der Waals surface area contributed by atoms with Gasteiger partial charge in [-0.05, 0) is 29.5 Å². The lowest BCUT2D eigenvalue weighted by Gasteiger charge is -2.38. The Hall–Kier alpha value is -2.87. The molecule has 1 atom stereocenters. The van der Waals surface area contributed by atoms with Gasteiger partial charge in [0.1, 0.15) is 5.82 Å². The first kappa shape index (κ1) is 22.3. The Bertz CT molecular complexity index is 1180. The molecule has 1 aromatic heterocycles. The molecule has 2 aliphatic rings. The van der Waals surface area contributed by atoms with E-state index in [1.807, 2.05) is 13.8 Å². The van der Waals surface area contributed by atoms with Crippen molar-refractivity contribution in [3.63, 3.8) is 0 Å². The molecule has 0 amide bonds. The molecule has 0 fully saturated rings. The normalized spacial score (nSPS) is 19.3. The van der Waals surface area contributed by atoms with E-state index in [4.69, 9.17) is 4.74 Å². The third kappa shape index (κ3) is 4.11. The van der Waals surface area contributed by atoms with E-state index in [1.54, 1.807) is 24.3 Å². The second kappa shape index (κ2) is 8.24. The minimum absolute atomic E-state index is 0.0245. The van der Waals surface area contributed by atoms with E-state index < -0.39 is 11.9 Å². The predicted octanol–water partition coefficient (Wildman–Crippen LogP) is 4.26. The van der Waals surface area contributed by atoms with Gasteiger partial charge in [-0.15, -0.1) is 0 Å². The zero-order valence-corrected chi connectivity index (χ0v) is 19.7. The number of rotatable bonds is 4. The number of nitrogens with zero attached hydrogens (tertiary/aromatic N) is 1. The summed E-state index contributed by atoms with van der Waals surface area (Å²) in [4.78, 5) is 45.9. The first-order valence-corrected chi connectivity index (χ1v) is 11.5. The highest BCUT2D eigenvalue weighted by atomic mass is 32.2. The zero-order valence-electron chi connectivity index (χ0n) is 18.9. The van der Waals surface area contributed by atoms with Crippen molar-refractivity contribution < 1.29 is 14.3 Å². The highest BCUT2D eigenvalue weighted by Crippen LogP contribution is 2.47. The summed E-state index contributed by atoms with van der Waals surface area (Å²) in [7, 11) is 1.33. The molecule has 32 heavy (non-hydrogen) atoms. The molecule has 0 saturated carbocycles. The third-order valence-corrected chi connectivity index (χ3v) is 6.60. The summed E-state index contributed by atoms with van der Waals surface area (Å²) in [6, 6.07) is 6.87. The standard InChI is InChI=1S/C24H27N3O4S/c1-12(2)32-23-26-20-19(21(29)27-23)17(13-6-8-14(9-7-13)22(30)31-5)18-15(25-20)10-24(3,4)11-16(18)28/h6-9,12,17H,10-11H2,1-5H3,(H2,25,26,27,29). The van der Waals surface area contributed by atoms with Gasteiger partial charge in [-0.3, -0.25) is 9.59 Å². The Balaban J connectivity index is 1.89. The molecule has 168 valence electrons. The highest BCUT2D eigenvalue weighted by molar-refractivity contribution is 7.99. The van der Waals surface area contributed by atoms with Gasteiger partial charge < -0.3 is 15.0 Å². The van der Waals surface area contributed by atoms with Crippen LogP contribution in [0.3, 0.4) is 0 Å². The van der Waals surface area contributed by atoms with Crippen molar-refractivity contribution in [2.75, 3.05) is 12.4 Å². The molecule has 2 heterocycles. The quantitative estimate of drug-likeness (QED) is 0.405. The number of Topliss-reactive ketones (excluding diaryl/α,β-unsaturated/α-hetero) is 1. The molecule has 2 N–H and O–H groups in total. The smallest absolute Gasteiger partial charge is 0.337 e. The summed E-state index contributed by atoms with van der Waals surface area (Å²) in [6.07, 6.45) is 1.09. The van der Waals surface area contributed by atoms with E-state index in [0.29, 0.717) is 40.5 Å². The number of ether oxygens (including phenoxy) is 1. The van der Waals surface area contributed by atoms with Crippen LogP contribution in [0.2, 0.25) is 0 Å². The molecule has 7 nitrogen and oxygen atoms in total. The second-order valence-electron chi connectivity index (χ2n) is 9.30. The van der Waals surface area contributed by atoms with Crippen LogP contribution in [0.1, 0.15) is 67.9 Å². The van der Waals surface area contributed by atoms with E-state index in [9.17, 15) is 14.4 Å². The maximum Gasteiger partial charge on any atom is 0.337 e. The number of nitrogens with one attached hydrogen (secondary N) is 2. The van der Waals surface area contributed by atoms with Crippen molar-refractivity contribution >= 4 is 29.3 Å². The monoisotopic (exact) mass is 453 g/mol. The van der Waals surface area contributed by atoms with Crippen molar-refractivity contribution in [3.05, 3.63) is 62.6 Å². The second-order valence-corrected chi connectivity index (χ2v) is 10.9. The van der Waals surface area contributed by atoms with Crippen molar-refractivity contribution in [1.29, 1.82) is 0 Å². The molecule has 1 aliphatic carbocycles. The number of carbonyl (C=O) groups excluding carboxylic acids is 2. The average molecular weight is 454 g/mol. The molecule has 0 bridgehead atoms. The third-order valence-electron chi connectivity index (χ3n) is 5.71. The predicted molar refractivity (Wildman–Crippen MR) is 124 cm³/mol. The molecule has 1 aliphatic heterocycles. The van der Waals surface area contributed by atoms with Gasteiger partial charge in [-0.1, -0.05) is 51.6 Å². The number of ketones is 1. The molecule has 1 unspecified atom stereocenters. The van der Waals surface area contributed by atoms with Crippen molar-refractivity contribution in [2.24, 2.45) is 5.41 Å². The van der Waals surface area contributed by atoms with Gasteiger partial charge in [-0.25, -0.2) is 9.78 Å². The zero-order chi connectivity index (χ0) is 23.2. The highest BCUT2D eigenvalue weighted by Gasteiger charge is 2.42. The van der Waals surface area contributed by atoms with E-state index in [1.165, 1.54) is 18.9 Å². The number of H-pyrrole nitrogens is 1. The van der Waals surface area contributed by atoms with Crippen LogP contribution in [0.15, 0.2) is 45.5 Å². The van der Waals surface area contributed by atoms with Crippen LogP contribution >= 0.6 is 11.8 Å². The Morgan fingerprint density at radius 3 is 2.50 bits per heavy atom. The first-order chi connectivity index (χ1) is 15.1. The van der Waals surface area contributed by atoms with Gasteiger partial charge in [0.05, 0.1) is 18.2 Å². The van der Waals surface area contributed by atoms with Crippen molar-refractivity contribution in [2.45, 2.75) is 56.9 Å². The lowest BCUT2D eigenvalue weighted by molar-refractivity contribution is -0.118. The van der Waals surface area contributed by atoms with Gasteiger partial charge in [-0.2, -0.15) is 0 Å². The van der Waals surface area contributed by atoms with Crippen LogP contribution in [-0.4, -0.2) is 34.1 Å². The van der Waals surface area contributed by atoms with E-state index >= 15 is 0 Å². The fourth-order valence-electron chi connectivity index (χ4n) is 4.44. The molecular weight excluding hydrogens is 426 g/mol. The van der Waals surface area contributed by atoms with E-state index in [0.717, 1.165) is 11.3 Å². The maximum atomic E-state index is 13.3. The first-order valence-electron chi connectivity index (χ1n) is 10.6. The molecule has 8 heteroatoms. The number of carbonyl (C=O) groups is 2. The summed E-state index contributed by atoms with van der Waals surface area (Å²) in [6.45, 7) is 8.20. The SMILES string of the molecule is COC(=O)c1ccc(C2C3=C(CC(C)(C)CC3=O)Nc3nc(SC(C)C)[nH]c(=O)c32)cc1. The summed E-state index contributed by atoms with van der Waals surface area (Å²) in [5.74, 6) is -0.474. The molecule has 0 radical (unpaired) electrons. The van der Waals surface area contributed by atoms with Crippen LogP contribution in [0, 0.1) is 5.41 Å². The largest absolute Gasteiger partial charge is 0.465 e. The van der Waals surface area contributed by atoms with Crippen LogP contribution in [-0.2, 0) is 9.53 Å². The van der Waals surface area contributed by atoms with Gasteiger partial charge in [0.2, 0.25) is 0 Å². The fourth-order valence-corrected chi connectivity index (χ4v) is 5.18. The number of allylic oxidation sites excluding steroid dienone is 2. The number of aromatic nitrogens is 2. The van der Waals surface area contributed by atoms with Crippen molar-refractivity contribution in [1.82, 2.24) is 9.97 Å². The molecule has 4 rings (SSSR count). The molecule has 0 spiro atoms. The van der Waals surface area contributed by atoms with Gasteiger partial charge >= 0.3 is 5.97 Å². The van der Waals surface area contributed by atoms with Crippen LogP contribution in [0.25, 0.3) is 0 Å². The number of thioether (sulfide) groups is 1. The van der Waals surface area contributed by atoms with E-state index in [-0.39, 0.29) is 22.0 Å². The number of methoxy groups -OCH3 is 1. The number of esters is 1. The minimum atomic E-state index is -0.550. The molecule has 0 saturated heterocycles. The lowest BCUT2D eigenvalue weighted by atomic mass is 9.69. The maximum absolute atomic E-state index is 13.3. The fraction of sp³-hybridized carbons (Fsp3) is 0.417. The van der Waals surface area contributed by atoms with Crippen LogP contribution < -0.4 is 10.9 Å².